The average Bonchev–Trinajstić information content (AvgIpc) is 2.59. The lowest BCUT2D eigenvalue weighted by Gasteiger charge is -2.16. The van der Waals surface area contributed by atoms with Gasteiger partial charge in [0.2, 0.25) is 0 Å². The van der Waals surface area contributed by atoms with E-state index in [9.17, 15) is 14.4 Å². The fraction of sp³-hybridized carbons (Fsp3) is 0.250. The Morgan fingerprint density at radius 2 is 1.91 bits per heavy atom. The highest BCUT2D eigenvalue weighted by Crippen LogP contribution is 2.05. The van der Waals surface area contributed by atoms with E-state index in [0.717, 1.165) is 0 Å². The van der Waals surface area contributed by atoms with E-state index in [1.165, 1.54) is 42.4 Å². The minimum atomic E-state index is -0.522. The van der Waals surface area contributed by atoms with Crippen LogP contribution in [0.2, 0.25) is 0 Å². The Hall–Kier alpha value is -2.96. The van der Waals surface area contributed by atoms with Crippen molar-refractivity contribution in [2.24, 2.45) is 0 Å². The molecule has 0 fully saturated rings. The normalized spacial score (nSPS) is 11.6. The Morgan fingerprint density at radius 1 is 1.22 bits per heavy atom. The zero-order valence-electron chi connectivity index (χ0n) is 12.9. The van der Waals surface area contributed by atoms with Crippen LogP contribution in [0.5, 0.6) is 0 Å². The molecule has 2 aromatic heterocycles. The molecule has 1 unspecified atom stereocenters. The van der Waals surface area contributed by atoms with E-state index in [1.807, 2.05) is 0 Å². The molecule has 0 radical (unpaired) electrons. The van der Waals surface area contributed by atoms with Crippen molar-refractivity contribution in [1.29, 1.82) is 0 Å². The molecule has 0 aliphatic carbocycles. The number of rotatable bonds is 5. The predicted molar refractivity (Wildman–Crippen MR) is 83.3 cm³/mol. The molecule has 0 bridgehead atoms. The highest BCUT2D eigenvalue weighted by Gasteiger charge is 2.13. The maximum atomic E-state index is 12.0. The van der Waals surface area contributed by atoms with Crippen LogP contribution < -0.4 is 10.9 Å². The van der Waals surface area contributed by atoms with Gasteiger partial charge in [-0.25, -0.2) is 4.79 Å². The van der Waals surface area contributed by atoms with Crippen LogP contribution in [-0.4, -0.2) is 35.1 Å². The van der Waals surface area contributed by atoms with Crippen LogP contribution in [-0.2, 0) is 4.74 Å². The van der Waals surface area contributed by atoms with Gasteiger partial charge in [0, 0.05) is 36.8 Å². The Labute approximate surface area is 132 Å². The summed E-state index contributed by atoms with van der Waals surface area (Å²) in [5, 5.41) is 2.74. The van der Waals surface area contributed by atoms with Gasteiger partial charge in [0.05, 0.1) is 18.7 Å². The minimum Gasteiger partial charge on any atom is -0.465 e. The van der Waals surface area contributed by atoms with Gasteiger partial charge in [-0.15, -0.1) is 0 Å². The highest BCUT2D eigenvalue weighted by atomic mass is 16.5. The molecule has 7 nitrogen and oxygen atoms in total. The number of amides is 1. The summed E-state index contributed by atoms with van der Waals surface area (Å²) in [4.78, 5) is 39.3. The van der Waals surface area contributed by atoms with Crippen LogP contribution in [0.15, 0.2) is 47.7 Å². The molecule has 2 rings (SSSR count). The first kappa shape index (κ1) is 16.4. The van der Waals surface area contributed by atoms with Crippen molar-refractivity contribution in [1.82, 2.24) is 14.9 Å². The van der Waals surface area contributed by atoms with Gasteiger partial charge in [-0.3, -0.25) is 14.6 Å². The fourth-order valence-corrected chi connectivity index (χ4v) is 2.03. The molecule has 23 heavy (non-hydrogen) atoms. The van der Waals surface area contributed by atoms with Crippen molar-refractivity contribution in [2.75, 3.05) is 13.7 Å². The summed E-state index contributed by atoms with van der Waals surface area (Å²) >= 11 is 0. The molecule has 0 aliphatic heterocycles. The molecule has 1 N–H and O–H groups in total. The van der Waals surface area contributed by atoms with Crippen molar-refractivity contribution in [2.45, 2.75) is 13.0 Å². The molecule has 7 heteroatoms. The van der Waals surface area contributed by atoms with E-state index >= 15 is 0 Å². The van der Waals surface area contributed by atoms with Crippen LogP contribution in [0.3, 0.4) is 0 Å². The highest BCUT2D eigenvalue weighted by molar-refractivity contribution is 5.94. The first-order valence-electron chi connectivity index (χ1n) is 7.01. The maximum absolute atomic E-state index is 12.0. The standard InChI is InChI=1S/C16H17N3O4/c1-11(9-18-15(21)12-5-7-17-8-6-12)19-10-13(16(22)23-2)3-4-14(19)20/h3-8,10-11H,9H2,1-2H3,(H,18,21). The third-order valence-corrected chi connectivity index (χ3v) is 3.33. The Bertz CT molecular complexity index is 755. The molecular weight excluding hydrogens is 298 g/mol. The molecule has 0 aliphatic rings. The summed E-state index contributed by atoms with van der Waals surface area (Å²) in [6, 6.07) is 5.59. The van der Waals surface area contributed by atoms with Crippen molar-refractivity contribution in [3.63, 3.8) is 0 Å². The van der Waals surface area contributed by atoms with E-state index in [0.29, 0.717) is 5.56 Å². The molecule has 0 aromatic carbocycles. The van der Waals surface area contributed by atoms with Gasteiger partial charge < -0.3 is 14.6 Å². The Morgan fingerprint density at radius 3 is 2.57 bits per heavy atom. The van der Waals surface area contributed by atoms with Crippen molar-refractivity contribution in [3.8, 4) is 0 Å². The number of nitrogens with one attached hydrogen (secondary N) is 1. The monoisotopic (exact) mass is 315 g/mol. The predicted octanol–water partition coefficient (Wildman–Crippen LogP) is 1.02. The first-order valence-corrected chi connectivity index (χ1v) is 7.01. The lowest BCUT2D eigenvalue weighted by atomic mass is 10.2. The fourth-order valence-electron chi connectivity index (χ4n) is 2.03. The summed E-state index contributed by atoms with van der Waals surface area (Å²) in [6.45, 7) is 2.01. The number of methoxy groups -OCH3 is 1. The topological polar surface area (TPSA) is 90.3 Å². The minimum absolute atomic E-state index is 0.242. The summed E-state index contributed by atoms with van der Waals surface area (Å²) in [7, 11) is 1.27. The second kappa shape index (κ2) is 7.35. The summed E-state index contributed by atoms with van der Waals surface area (Å²) in [6.07, 6.45) is 4.49. The number of carbonyl (C=O) groups is 2. The number of hydrogen-bond acceptors (Lipinski definition) is 5. The molecule has 120 valence electrons. The maximum Gasteiger partial charge on any atom is 0.339 e. The lowest BCUT2D eigenvalue weighted by Crippen LogP contribution is -2.33. The smallest absolute Gasteiger partial charge is 0.339 e. The van der Waals surface area contributed by atoms with Gasteiger partial charge in [0.15, 0.2) is 0 Å². The Balaban J connectivity index is 2.09. The van der Waals surface area contributed by atoms with Crippen molar-refractivity contribution in [3.05, 3.63) is 64.3 Å². The Kier molecular flexibility index (Phi) is 5.24. The quantitative estimate of drug-likeness (QED) is 0.832. The van der Waals surface area contributed by atoms with Gasteiger partial charge in [-0.1, -0.05) is 0 Å². The number of ether oxygens (including phenoxy) is 1. The third kappa shape index (κ3) is 4.03. The second-order valence-corrected chi connectivity index (χ2v) is 4.95. The molecule has 2 heterocycles. The first-order chi connectivity index (χ1) is 11.0. The molecule has 1 amide bonds. The second-order valence-electron chi connectivity index (χ2n) is 4.95. The number of esters is 1. The van der Waals surface area contributed by atoms with Gasteiger partial charge in [0.25, 0.3) is 11.5 Å². The van der Waals surface area contributed by atoms with E-state index in [-0.39, 0.29) is 29.6 Å². The van der Waals surface area contributed by atoms with Gasteiger partial charge in [0.1, 0.15) is 0 Å². The molecule has 2 aromatic rings. The van der Waals surface area contributed by atoms with E-state index < -0.39 is 5.97 Å². The summed E-state index contributed by atoms with van der Waals surface area (Å²) < 4.78 is 6.02. The number of pyridine rings is 2. The molecule has 0 saturated carbocycles. The van der Waals surface area contributed by atoms with Gasteiger partial charge in [-0.2, -0.15) is 0 Å². The number of hydrogen-bond donors (Lipinski definition) is 1. The molecule has 1 atom stereocenters. The van der Waals surface area contributed by atoms with Crippen molar-refractivity contribution >= 4 is 11.9 Å². The molecule has 0 spiro atoms. The SMILES string of the molecule is COC(=O)c1ccc(=O)n(C(C)CNC(=O)c2ccncc2)c1. The van der Waals surface area contributed by atoms with Crippen LogP contribution in [0.25, 0.3) is 0 Å². The van der Waals surface area contributed by atoms with Crippen LogP contribution in [0.1, 0.15) is 33.7 Å². The third-order valence-electron chi connectivity index (χ3n) is 3.33. The van der Waals surface area contributed by atoms with E-state index in [2.05, 4.69) is 15.0 Å². The van der Waals surface area contributed by atoms with Crippen LogP contribution >= 0.6 is 0 Å². The zero-order valence-corrected chi connectivity index (χ0v) is 12.9. The van der Waals surface area contributed by atoms with E-state index in [4.69, 9.17) is 0 Å². The number of carbonyl (C=O) groups excluding carboxylic acids is 2. The lowest BCUT2D eigenvalue weighted by molar-refractivity contribution is 0.0599. The van der Waals surface area contributed by atoms with E-state index in [1.54, 1.807) is 19.1 Å². The largest absolute Gasteiger partial charge is 0.465 e. The zero-order chi connectivity index (χ0) is 16.8. The van der Waals surface area contributed by atoms with Crippen molar-refractivity contribution < 1.29 is 14.3 Å². The van der Waals surface area contributed by atoms with Crippen LogP contribution in [0, 0.1) is 0 Å². The summed E-state index contributed by atoms with van der Waals surface area (Å²) in [5.41, 5.74) is 0.505. The van der Waals surface area contributed by atoms with Gasteiger partial charge in [-0.05, 0) is 25.1 Å². The average molecular weight is 315 g/mol. The number of nitrogens with zero attached hydrogens (tertiary/aromatic N) is 2. The van der Waals surface area contributed by atoms with Gasteiger partial charge >= 0.3 is 5.97 Å². The van der Waals surface area contributed by atoms with Crippen LogP contribution in [0.4, 0.5) is 0 Å². The number of aromatic nitrogens is 2. The summed E-state index contributed by atoms with van der Waals surface area (Å²) in [5.74, 6) is -0.775. The molecular formula is C16H17N3O4. The molecule has 0 saturated heterocycles.